The molecule has 3 atom stereocenters. The number of para-hydroxylation sites is 1. The first-order valence-corrected chi connectivity index (χ1v) is 8.12. The van der Waals surface area contributed by atoms with Crippen molar-refractivity contribution in [3.8, 4) is 0 Å². The minimum atomic E-state index is 0.263. The lowest BCUT2D eigenvalue weighted by Crippen LogP contribution is -2.34. The van der Waals surface area contributed by atoms with Crippen molar-refractivity contribution >= 4 is 32.7 Å². The summed E-state index contributed by atoms with van der Waals surface area (Å²) < 4.78 is 7.23. The molecule has 0 amide bonds. The molecule has 2 saturated heterocycles. The number of benzene rings is 1. The fourth-order valence-electron chi connectivity index (χ4n) is 3.17. The Morgan fingerprint density at radius 2 is 2.33 bits per heavy atom. The van der Waals surface area contributed by atoms with Crippen LogP contribution in [0, 0.1) is 5.92 Å². The standard InChI is InChI=1S/C15H18N4OS/c1-16-14(20-12-9-19-7-6-10(12)8-19)18-15-17-11-4-2-3-5-13(11)21-15/h2-5,10,12H,6-9H2,1H3,(H,16,17,18)/t10-,12+/m1/s1. The maximum absolute atomic E-state index is 6.06. The fraction of sp³-hybridized carbons (Fsp3) is 0.467. The molecular formula is C15H18N4OS. The monoisotopic (exact) mass is 302 g/mol. The first-order chi connectivity index (χ1) is 10.3. The molecule has 21 heavy (non-hydrogen) atoms. The van der Waals surface area contributed by atoms with Gasteiger partial charge in [-0.2, -0.15) is 0 Å². The van der Waals surface area contributed by atoms with Gasteiger partial charge in [-0.15, -0.1) is 0 Å². The van der Waals surface area contributed by atoms with Gasteiger partial charge < -0.3 is 4.74 Å². The lowest BCUT2D eigenvalue weighted by atomic mass is 10.0. The molecule has 4 rings (SSSR count). The zero-order chi connectivity index (χ0) is 14.2. The van der Waals surface area contributed by atoms with Crippen LogP contribution in [0.3, 0.4) is 0 Å². The van der Waals surface area contributed by atoms with Crippen LogP contribution in [0.25, 0.3) is 10.2 Å². The highest BCUT2D eigenvalue weighted by Crippen LogP contribution is 2.30. The van der Waals surface area contributed by atoms with E-state index in [4.69, 9.17) is 4.74 Å². The second kappa shape index (κ2) is 5.27. The number of anilines is 1. The van der Waals surface area contributed by atoms with Gasteiger partial charge in [0.05, 0.1) is 10.2 Å². The van der Waals surface area contributed by atoms with Gasteiger partial charge >= 0.3 is 0 Å². The molecule has 2 aliphatic rings. The molecule has 0 aliphatic carbocycles. The number of nitrogens with one attached hydrogen (secondary N) is 1. The molecule has 2 aliphatic heterocycles. The van der Waals surface area contributed by atoms with Gasteiger partial charge in [0.25, 0.3) is 6.02 Å². The van der Waals surface area contributed by atoms with E-state index in [2.05, 4.69) is 26.3 Å². The van der Waals surface area contributed by atoms with Crippen LogP contribution in [0.2, 0.25) is 0 Å². The van der Waals surface area contributed by atoms with Gasteiger partial charge in [-0.3, -0.25) is 10.2 Å². The number of ether oxygens (including phenoxy) is 1. The minimum Gasteiger partial charge on any atom is -0.460 e. The molecule has 1 aromatic carbocycles. The number of thiazole rings is 1. The molecule has 2 aromatic rings. The van der Waals surface area contributed by atoms with Crippen LogP contribution in [0.15, 0.2) is 29.3 Å². The Labute approximate surface area is 127 Å². The number of aromatic nitrogens is 1. The smallest absolute Gasteiger partial charge is 0.291 e. The summed E-state index contributed by atoms with van der Waals surface area (Å²) in [4.78, 5) is 11.2. The summed E-state index contributed by atoms with van der Waals surface area (Å²) >= 11 is 1.62. The van der Waals surface area contributed by atoms with E-state index in [1.165, 1.54) is 24.2 Å². The van der Waals surface area contributed by atoms with E-state index in [-0.39, 0.29) is 6.10 Å². The van der Waals surface area contributed by atoms with Crippen LogP contribution in [-0.4, -0.2) is 48.7 Å². The van der Waals surface area contributed by atoms with Crippen molar-refractivity contribution in [1.29, 1.82) is 0 Å². The van der Waals surface area contributed by atoms with Crippen LogP contribution < -0.4 is 5.32 Å². The molecule has 2 bridgehead atoms. The lowest BCUT2D eigenvalue weighted by Gasteiger charge is -2.23. The number of rotatable bonds is 2. The minimum absolute atomic E-state index is 0.263. The Bertz CT molecular complexity index is 650. The summed E-state index contributed by atoms with van der Waals surface area (Å²) in [6.45, 7) is 3.41. The number of nitrogens with zero attached hydrogens (tertiary/aromatic N) is 3. The van der Waals surface area contributed by atoms with Crippen molar-refractivity contribution in [2.75, 3.05) is 32.0 Å². The second-order valence-corrected chi connectivity index (χ2v) is 6.64. The normalized spacial score (nSPS) is 28.2. The van der Waals surface area contributed by atoms with E-state index in [1.807, 2.05) is 18.2 Å². The highest BCUT2D eigenvalue weighted by molar-refractivity contribution is 7.22. The number of fused-ring (bicyclic) bond motifs is 3. The summed E-state index contributed by atoms with van der Waals surface area (Å²) in [6, 6.07) is 8.70. The van der Waals surface area contributed by atoms with Crippen LogP contribution in [-0.2, 0) is 4.74 Å². The Kier molecular flexibility index (Phi) is 3.27. The van der Waals surface area contributed by atoms with Gasteiger partial charge in [0.1, 0.15) is 6.10 Å². The average molecular weight is 302 g/mol. The largest absolute Gasteiger partial charge is 0.460 e. The average Bonchev–Trinajstić information content (AvgIpc) is 3.20. The van der Waals surface area contributed by atoms with E-state index >= 15 is 0 Å². The van der Waals surface area contributed by atoms with Crippen LogP contribution in [0.1, 0.15) is 6.42 Å². The molecule has 2 fully saturated rings. The Morgan fingerprint density at radius 3 is 3.05 bits per heavy atom. The number of aliphatic imine (C=N–C) groups is 1. The summed E-state index contributed by atoms with van der Waals surface area (Å²) in [5.74, 6) is 0.652. The van der Waals surface area contributed by atoms with Gasteiger partial charge in [-0.1, -0.05) is 23.5 Å². The van der Waals surface area contributed by atoms with Crippen molar-refractivity contribution in [3.05, 3.63) is 24.3 Å². The van der Waals surface area contributed by atoms with Crippen LogP contribution >= 0.6 is 11.3 Å². The summed E-state index contributed by atoms with van der Waals surface area (Å²) in [7, 11) is 1.75. The molecule has 1 aromatic heterocycles. The quantitative estimate of drug-likeness (QED) is 0.684. The highest BCUT2D eigenvalue weighted by Gasteiger charge is 2.40. The zero-order valence-electron chi connectivity index (χ0n) is 12.0. The number of piperidine rings is 1. The number of hydrogen-bond acceptors (Lipinski definition) is 5. The third-order valence-electron chi connectivity index (χ3n) is 4.25. The summed E-state index contributed by atoms with van der Waals surface area (Å²) in [5.41, 5.74) is 1.01. The van der Waals surface area contributed by atoms with Gasteiger partial charge in [-0.25, -0.2) is 9.98 Å². The first-order valence-electron chi connectivity index (χ1n) is 7.30. The van der Waals surface area contributed by atoms with Crippen LogP contribution in [0.4, 0.5) is 5.13 Å². The Morgan fingerprint density at radius 1 is 1.43 bits per heavy atom. The van der Waals surface area contributed by atoms with Crippen molar-refractivity contribution in [3.63, 3.8) is 0 Å². The first kappa shape index (κ1) is 13.0. The molecule has 0 radical (unpaired) electrons. The molecule has 1 N–H and O–H groups in total. The van der Waals surface area contributed by atoms with Crippen molar-refractivity contribution in [1.82, 2.24) is 9.88 Å². The van der Waals surface area contributed by atoms with E-state index in [1.54, 1.807) is 18.4 Å². The Hall–Kier alpha value is -1.66. The van der Waals surface area contributed by atoms with Gasteiger partial charge in [0.15, 0.2) is 5.13 Å². The summed E-state index contributed by atoms with van der Waals surface area (Å²) in [6.07, 6.45) is 1.50. The van der Waals surface area contributed by atoms with Crippen molar-refractivity contribution in [2.24, 2.45) is 10.9 Å². The molecule has 5 nitrogen and oxygen atoms in total. The molecule has 1 unspecified atom stereocenters. The van der Waals surface area contributed by atoms with Gasteiger partial charge in [0, 0.05) is 26.1 Å². The van der Waals surface area contributed by atoms with E-state index in [0.717, 1.165) is 17.2 Å². The molecule has 110 valence electrons. The maximum atomic E-state index is 6.06. The molecule has 3 heterocycles. The van der Waals surface area contributed by atoms with E-state index in [0.29, 0.717) is 11.9 Å². The molecule has 6 heteroatoms. The third kappa shape index (κ3) is 2.49. The number of amidine groups is 1. The SMILES string of the molecule is CN=C(Nc1nc2ccccc2s1)O[C@H]1CN2CC[C@@H]1C2. The lowest BCUT2D eigenvalue weighted by molar-refractivity contribution is 0.129. The summed E-state index contributed by atoms with van der Waals surface area (Å²) in [5, 5.41) is 4.05. The van der Waals surface area contributed by atoms with Crippen molar-refractivity contribution < 1.29 is 4.74 Å². The van der Waals surface area contributed by atoms with Crippen LogP contribution in [0.5, 0.6) is 0 Å². The molecular weight excluding hydrogens is 284 g/mol. The highest BCUT2D eigenvalue weighted by atomic mass is 32.1. The Balaban J connectivity index is 1.46. The topological polar surface area (TPSA) is 49.8 Å². The van der Waals surface area contributed by atoms with E-state index in [9.17, 15) is 0 Å². The third-order valence-corrected chi connectivity index (χ3v) is 5.20. The predicted octanol–water partition coefficient (Wildman–Crippen LogP) is 2.41. The predicted molar refractivity (Wildman–Crippen MR) is 86.0 cm³/mol. The maximum Gasteiger partial charge on any atom is 0.291 e. The van der Waals surface area contributed by atoms with Gasteiger partial charge in [-0.05, 0) is 25.1 Å². The number of hydrogen-bond donors (Lipinski definition) is 1. The van der Waals surface area contributed by atoms with Crippen molar-refractivity contribution in [2.45, 2.75) is 12.5 Å². The van der Waals surface area contributed by atoms with Gasteiger partial charge in [0.2, 0.25) is 0 Å². The van der Waals surface area contributed by atoms with E-state index < -0.39 is 0 Å². The zero-order valence-corrected chi connectivity index (χ0v) is 12.8. The second-order valence-electron chi connectivity index (χ2n) is 5.61. The fourth-order valence-corrected chi connectivity index (χ4v) is 4.02. The molecule has 0 spiro atoms. The molecule has 0 saturated carbocycles.